The van der Waals surface area contributed by atoms with Crippen LogP contribution in [0.5, 0.6) is 11.5 Å². The lowest BCUT2D eigenvalue weighted by Gasteiger charge is -2.36. The van der Waals surface area contributed by atoms with Crippen LogP contribution in [0.4, 0.5) is 17.2 Å². The molecule has 1 saturated heterocycles. The zero-order chi connectivity index (χ0) is 24.6. The number of piperazine rings is 1. The third kappa shape index (κ3) is 4.08. The molecule has 1 fully saturated rings. The van der Waals surface area contributed by atoms with Crippen molar-refractivity contribution in [1.29, 1.82) is 0 Å². The molecule has 2 aliphatic heterocycles. The summed E-state index contributed by atoms with van der Waals surface area (Å²) in [5.41, 5.74) is 3.02. The molecule has 4 heterocycles. The minimum Gasteiger partial charge on any atom is -0.454 e. The van der Waals surface area contributed by atoms with Crippen molar-refractivity contribution in [3.05, 3.63) is 70.9 Å². The fraction of sp³-hybridized carbons (Fsp3) is 0.280. The van der Waals surface area contributed by atoms with E-state index in [4.69, 9.17) is 9.47 Å². The number of nitrogens with zero attached hydrogens (tertiary/aromatic N) is 6. The van der Waals surface area contributed by atoms with Gasteiger partial charge in [0.2, 0.25) is 18.3 Å². The molecule has 6 rings (SSSR count). The summed E-state index contributed by atoms with van der Waals surface area (Å²) in [5.74, 6) is 1.45. The van der Waals surface area contributed by atoms with Gasteiger partial charge in [0.1, 0.15) is 6.54 Å². The van der Waals surface area contributed by atoms with Crippen LogP contribution in [0, 0.1) is 6.92 Å². The Balaban J connectivity index is 1.17. The molecule has 0 bridgehead atoms. The van der Waals surface area contributed by atoms with E-state index in [2.05, 4.69) is 56.4 Å². The molecule has 0 atom stereocenters. The minimum atomic E-state index is -0.396. The molecule has 0 radical (unpaired) electrons. The van der Waals surface area contributed by atoms with Crippen molar-refractivity contribution >= 4 is 28.7 Å². The number of aryl methyl sites for hydroxylation is 1. The smallest absolute Gasteiger partial charge is 0.350 e. The molecule has 0 saturated carbocycles. The molecule has 0 spiro atoms. The highest BCUT2D eigenvalue weighted by Gasteiger charge is 2.23. The second-order valence-corrected chi connectivity index (χ2v) is 8.81. The lowest BCUT2D eigenvalue weighted by atomic mass is 10.2. The summed E-state index contributed by atoms with van der Waals surface area (Å²) in [6, 6.07) is 13.6. The fourth-order valence-electron chi connectivity index (χ4n) is 4.50. The summed E-state index contributed by atoms with van der Waals surface area (Å²) in [7, 11) is 0. The molecular formula is C25H25N7O4. The van der Waals surface area contributed by atoms with Crippen LogP contribution < -0.4 is 30.3 Å². The van der Waals surface area contributed by atoms with Crippen LogP contribution in [0.25, 0.3) is 5.65 Å². The minimum absolute atomic E-state index is 0.154. The predicted octanol–water partition coefficient (Wildman–Crippen LogP) is 1.89. The van der Waals surface area contributed by atoms with Crippen LogP contribution in [0.2, 0.25) is 0 Å². The molecule has 0 aliphatic carbocycles. The molecule has 2 aromatic carbocycles. The number of carbonyl (C=O) groups excluding carboxylic acids is 1. The largest absolute Gasteiger partial charge is 0.454 e. The Morgan fingerprint density at radius 3 is 2.56 bits per heavy atom. The number of ether oxygens (including phenoxy) is 2. The zero-order valence-electron chi connectivity index (χ0n) is 19.8. The van der Waals surface area contributed by atoms with Gasteiger partial charge in [0.25, 0.3) is 0 Å². The standard InChI is InChI=1S/C25H25N7O4/c1-17-2-5-19(6-3-17)29-10-12-30(13-11-29)23-24-28-32(25(34)31(24)9-8-26-23)15-22(33)27-18-4-7-20-21(14-18)36-16-35-20/h2-9,14H,10-13,15-16H2,1H3,(H,27,33). The van der Waals surface area contributed by atoms with E-state index in [1.807, 2.05) is 0 Å². The number of amides is 1. The van der Waals surface area contributed by atoms with Crippen LogP contribution in [0.3, 0.4) is 0 Å². The van der Waals surface area contributed by atoms with Gasteiger partial charge in [-0.2, -0.15) is 0 Å². The highest BCUT2D eigenvalue weighted by molar-refractivity contribution is 5.91. The normalized spacial score (nSPS) is 14.9. The average Bonchev–Trinajstić information content (AvgIpc) is 3.48. The number of anilines is 3. The van der Waals surface area contributed by atoms with Gasteiger partial charge in [0.15, 0.2) is 17.3 Å². The average molecular weight is 488 g/mol. The van der Waals surface area contributed by atoms with Crippen molar-refractivity contribution in [2.24, 2.45) is 0 Å². The summed E-state index contributed by atoms with van der Waals surface area (Å²) < 4.78 is 13.2. The van der Waals surface area contributed by atoms with Crippen LogP contribution >= 0.6 is 0 Å². The molecule has 11 heteroatoms. The Kier molecular flexibility index (Phi) is 5.44. The summed E-state index contributed by atoms with van der Waals surface area (Å²) in [4.78, 5) is 34.6. The molecule has 2 aliphatic rings. The number of benzene rings is 2. The number of hydrogen-bond donors (Lipinski definition) is 1. The van der Waals surface area contributed by atoms with Crippen LogP contribution in [0.15, 0.2) is 59.7 Å². The lowest BCUT2D eigenvalue weighted by molar-refractivity contribution is -0.117. The molecule has 36 heavy (non-hydrogen) atoms. The Hall–Kier alpha value is -4.54. The van der Waals surface area contributed by atoms with Gasteiger partial charge in [-0.15, -0.1) is 5.10 Å². The van der Waals surface area contributed by atoms with Gasteiger partial charge < -0.3 is 24.6 Å². The summed E-state index contributed by atoms with van der Waals surface area (Å²) in [6.45, 7) is 5.15. The monoisotopic (exact) mass is 487 g/mol. The number of carbonyl (C=O) groups is 1. The van der Waals surface area contributed by atoms with Gasteiger partial charge >= 0.3 is 5.69 Å². The highest BCUT2D eigenvalue weighted by Crippen LogP contribution is 2.34. The van der Waals surface area contributed by atoms with E-state index in [1.165, 1.54) is 15.7 Å². The van der Waals surface area contributed by atoms with Crippen molar-refractivity contribution in [2.75, 3.05) is 48.1 Å². The van der Waals surface area contributed by atoms with Gasteiger partial charge in [0, 0.05) is 56.0 Å². The van der Waals surface area contributed by atoms with E-state index in [-0.39, 0.29) is 19.2 Å². The Labute approximate surface area is 206 Å². The molecule has 1 amide bonds. The van der Waals surface area contributed by atoms with Crippen molar-refractivity contribution in [2.45, 2.75) is 13.5 Å². The van der Waals surface area contributed by atoms with Gasteiger partial charge in [-0.1, -0.05) is 17.7 Å². The zero-order valence-corrected chi connectivity index (χ0v) is 19.8. The SMILES string of the molecule is Cc1ccc(N2CCN(c3nccn4c(=O)n(CC(=O)Nc5ccc6c(c5)OCO6)nc34)CC2)cc1. The first-order chi connectivity index (χ1) is 17.5. The summed E-state index contributed by atoms with van der Waals surface area (Å²) >= 11 is 0. The third-order valence-electron chi connectivity index (χ3n) is 6.41. The summed E-state index contributed by atoms with van der Waals surface area (Å²) in [5, 5.41) is 7.24. The molecule has 11 nitrogen and oxygen atoms in total. The van der Waals surface area contributed by atoms with E-state index in [1.54, 1.807) is 30.6 Å². The summed E-state index contributed by atoms with van der Waals surface area (Å²) in [6.07, 6.45) is 3.16. The van der Waals surface area contributed by atoms with E-state index in [0.717, 1.165) is 30.9 Å². The van der Waals surface area contributed by atoms with Gasteiger partial charge in [-0.05, 0) is 31.2 Å². The first-order valence-corrected chi connectivity index (χ1v) is 11.8. The van der Waals surface area contributed by atoms with Crippen molar-refractivity contribution < 1.29 is 14.3 Å². The number of nitrogens with one attached hydrogen (secondary N) is 1. The molecule has 2 aromatic heterocycles. The quantitative estimate of drug-likeness (QED) is 0.455. The first-order valence-electron chi connectivity index (χ1n) is 11.8. The first kappa shape index (κ1) is 22.0. The number of aromatic nitrogens is 4. The topological polar surface area (TPSA) is 106 Å². The van der Waals surface area contributed by atoms with Crippen molar-refractivity contribution in [1.82, 2.24) is 19.2 Å². The van der Waals surface area contributed by atoms with E-state index < -0.39 is 5.69 Å². The third-order valence-corrected chi connectivity index (χ3v) is 6.41. The van der Waals surface area contributed by atoms with Crippen LogP contribution in [-0.2, 0) is 11.3 Å². The van der Waals surface area contributed by atoms with Crippen molar-refractivity contribution in [3.8, 4) is 11.5 Å². The van der Waals surface area contributed by atoms with Crippen LogP contribution in [-0.4, -0.2) is 58.0 Å². The van der Waals surface area contributed by atoms with Crippen molar-refractivity contribution in [3.63, 3.8) is 0 Å². The van der Waals surface area contributed by atoms with Gasteiger partial charge in [-0.3, -0.25) is 4.79 Å². The number of hydrogen-bond acceptors (Lipinski definition) is 8. The molecular weight excluding hydrogens is 462 g/mol. The molecule has 1 N–H and O–H groups in total. The maximum Gasteiger partial charge on any atom is 0.350 e. The Morgan fingerprint density at radius 2 is 1.75 bits per heavy atom. The Bertz CT molecular complexity index is 1490. The second kappa shape index (κ2) is 8.91. The number of fused-ring (bicyclic) bond motifs is 2. The van der Waals surface area contributed by atoms with Gasteiger partial charge in [0.05, 0.1) is 0 Å². The highest BCUT2D eigenvalue weighted by atomic mass is 16.7. The second-order valence-electron chi connectivity index (χ2n) is 8.81. The Morgan fingerprint density at radius 1 is 1.00 bits per heavy atom. The predicted molar refractivity (Wildman–Crippen MR) is 134 cm³/mol. The fourth-order valence-corrected chi connectivity index (χ4v) is 4.50. The van der Waals surface area contributed by atoms with E-state index >= 15 is 0 Å². The maximum absolute atomic E-state index is 13.0. The molecule has 4 aromatic rings. The van der Waals surface area contributed by atoms with Crippen LogP contribution in [0.1, 0.15) is 5.56 Å². The lowest BCUT2D eigenvalue weighted by Crippen LogP contribution is -2.47. The van der Waals surface area contributed by atoms with E-state index in [0.29, 0.717) is 28.7 Å². The molecule has 184 valence electrons. The molecule has 0 unspecified atom stereocenters. The van der Waals surface area contributed by atoms with E-state index in [9.17, 15) is 9.59 Å². The maximum atomic E-state index is 13.0. The number of rotatable bonds is 5. The van der Waals surface area contributed by atoms with Gasteiger partial charge in [-0.25, -0.2) is 18.9 Å².